The fourth-order valence-corrected chi connectivity index (χ4v) is 1.76. The number of hydrogen-bond donors (Lipinski definition) is 1. The monoisotopic (exact) mass is 294 g/mol. The predicted octanol–water partition coefficient (Wildman–Crippen LogP) is 2.75. The summed E-state index contributed by atoms with van der Waals surface area (Å²) in [6, 6.07) is 14.2. The third kappa shape index (κ3) is 4.22. The van der Waals surface area contributed by atoms with Crippen LogP contribution in [0.1, 0.15) is 28.4 Å². The zero-order valence-corrected chi connectivity index (χ0v) is 12.0. The first-order chi connectivity index (χ1) is 10.6. The normalized spacial score (nSPS) is 9.50. The van der Waals surface area contributed by atoms with Crippen LogP contribution < -0.4 is 4.74 Å². The van der Waals surface area contributed by atoms with Gasteiger partial charge in [-0.15, -0.1) is 0 Å². The topological polar surface area (TPSA) is 63.6 Å². The van der Waals surface area contributed by atoms with Crippen molar-refractivity contribution in [3.8, 4) is 17.6 Å². The van der Waals surface area contributed by atoms with Gasteiger partial charge >= 0.3 is 5.97 Å². The number of Topliss-reactive ketones (excluding diaryl/α,β-unsaturated/α-hetero) is 1. The molecule has 2 aromatic carbocycles. The molecule has 2 rings (SSSR count). The van der Waals surface area contributed by atoms with Crippen molar-refractivity contribution in [2.24, 2.45) is 0 Å². The fourth-order valence-electron chi connectivity index (χ4n) is 1.76. The van der Waals surface area contributed by atoms with Gasteiger partial charge < -0.3 is 9.84 Å². The van der Waals surface area contributed by atoms with E-state index in [0.29, 0.717) is 16.9 Å². The van der Waals surface area contributed by atoms with Crippen LogP contribution in [-0.2, 0) is 4.79 Å². The lowest BCUT2D eigenvalue weighted by Gasteiger charge is -2.07. The highest BCUT2D eigenvalue weighted by Gasteiger charge is 2.08. The Balaban J connectivity index is 2.35. The van der Waals surface area contributed by atoms with Crippen LogP contribution >= 0.6 is 0 Å². The van der Waals surface area contributed by atoms with Gasteiger partial charge in [-0.3, -0.25) is 4.79 Å². The summed E-state index contributed by atoms with van der Waals surface area (Å²) in [7, 11) is 0. The van der Waals surface area contributed by atoms with Crippen molar-refractivity contribution in [1.82, 2.24) is 0 Å². The molecule has 0 aromatic heterocycles. The lowest BCUT2D eigenvalue weighted by molar-refractivity contribution is -0.139. The number of carbonyl (C=O) groups excluding carboxylic acids is 1. The van der Waals surface area contributed by atoms with Gasteiger partial charge in [0.1, 0.15) is 5.75 Å². The first kappa shape index (κ1) is 15.3. The van der Waals surface area contributed by atoms with Crippen LogP contribution in [0, 0.1) is 11.8 Å². The lowest BCUT2D eigenvalue weighted by Crippen LogP contribution is -2.10. The second kappa shape index (κ2) is 7.09. The van der Waals surface area contributed by atoms with Crippen molar-refractivity contribution < 1.29 is 19.4 Å². The van der Waals surface area contributed by atoms with Gasteiger partial charge in [-0.1, -0.05) is 30.0 Å². The minimum atomic E-state index is -1.09. The molecular formula is C18H14O4. The first-order valence-corrected chi connectivity index (χ1v) is 6.63. The fraction of sp³-hybridized carbons (Fsp3) is 0.111. The van der Waals surface area contributed by atoms with E-state index in [1.54, 1.807) is 12.1 Å². The SMILES string of the molecule is CC(=O)c1ccc(C#Cc2ccccc2)c(OCC(=O)O)c1. The molecule has 0 fully saturated rings. The second-order valence-electron chi connectivity index (χ2n) is 4.57. The van der Waals surface area contributed by atoms with E-state index in [0.717, 1.165) is 5.56 Å². The second-order valence-corrected chi connectivity index (χ2v) is 4.57. The zero-order valence-electron chi connectivity index (χ0n) is 12.0. The molecule has 0 spiro atoms. The Morgan fingerprint density at radius 2 is 1.82 bits per heavy atom. The molecule has 0 radical (unpaired) electrons. The maximum Gasteiger partial charge on any atom is 0.341 e. The van der Waals surface area contributed by atoms with Crippen molar-refractivity contribution in [3.63, 3.8) is 0 Å². The van der Waals surface area contributed by atoms with Crippen molar-refractivity contribution in [2.45, 2.75) is 6.92 Å². The van der Waals surface area contributed by atoms with Crippen molar-refractivity contribution in [3.05, 3.63) is 65.2 Å². The van der Waals surface area contributed by atoms with Gasteiger partial charge in [0, 0.05) is 11.1 Å². The maximum atomic E-state index is 11.4. The van der Waals surface area contributed by atoms with Crippen molar-refractivity contribution >= 4 is 11.8 Å². The van der Waals surface area contributed by atoms with E-state index < -0.39 is 12.6 Å². The Hall–Kier alpha value is -3.06. The molecule has 0 bridgehead atoms. The van der Waals surface area contributed by atoms with Gasteiger partial charge in [0.15, 0.2) is 12.4 Å². The van der Waals surface area contributed by atoms with E-state index >= 15 is 0 Å². The van der Waals surface area contributed by atoms with E-state index in [1.807, 2.05) is 30.3 Å². The molecule has 110 valence electrons. The number of carbonyl (C=O) groups is 2. The molecule has 1 N–H and O–H groups in total. The van der Waals surface area contributed by atoms with Gasteiger partial charge in [-0.25, -0.2) is 4.79 Å². The Kier molecular flexibility index (Phi) is 4.94. The molecule has 4 nitrogen and oxygen atoms in total. The average molecular weight is 294 g/mol. The quantitative estimate of drug-likeness (QED) is 0.695. The third-order valence-electron chi connectivity index (χ3n) is 2.85. The first-order valence-electron chi connectivity index (χ1n) is 6.63. The van der Waals surface area contributed by atoms with Gasteiger partial charge in [0.25, 0.3) is 0 Å². The number of benzene rings is 2. The number of rotatable bonds is 4. The number of aliphatic carboxylic acids is 1. The number of hydrogen-bond acceptors (Lipinski definition) is 3. The molecule has 0 atom stereocenters. The van der Waals surface area contributed by atoms with Gasteiger partial charge in [0.2, 0.25) is 0 Å². The number of ketones is 1. The molecule has 0 saturated heterocycles. The molecule has 22 heavy (non-hydrogen) atoms. The maximum absolute atomic E-state index is 11.4. The lowest BCUT2D eigenvalue weighted by atomic mass is 10.1. The van der Waals surface area contributed by atoms with Gasteiger partial charge in [0.05, 0.1) is 5.56 Å². The van der Waals surface area contributed by atoms with Crippen LogP contribution in [0.25, 0.3) is 0 Å². The Labute approximate surface area is 128 Å². The van der Waals surface area contributed by atoms with Crippen molar-refractivity contribution in [1.29, 1.82) is 0 Å². The molecule has 4 heteroatoms. The third-order valence-corrected chi connectivity index (χ3v) is 2.85. The molecular weight excluding hydrogens is 280 g/mol. The molecule has 0 unspecified atom stereocenters. The zero-order chi connectivity index (χ0) is 15.9. The summed E-state index contributed by atoms with van der Waals surface area (Å²) in [5.41, 5.74) is 1.82. The highest BCUT2D eigenvalue weighted by atomic mass is 16.5. The standard InChI is InChI=1S/C18H14O4/c1-13(19)16-10-9-15(17(11-16)22-12-18(20)21)8-7-14-5-3-2-4-6-14/h2-6,9-11H,12H2,1H3,(H,20,21). The summed E-state index contributed by atoms with van der Waals surface area (Å²) >= 11 is 0. The summed E-state index contributed by atoms with van der Waals surface area (Å²) in [4.78, 5) is 22.1. The Morgan fingerprint density at radius 1 is 1.09 bits per heavy atom. The minimum absolute atomic E-state index is 0.122. The Bertz CT molecular complexity index is 752. The van der Waals surface area contributed by atoms with Crippen LogP contribution in [0.15, 0.2) is 48.5 Å². The largest absolute Gasteiger partial charge is 0.481 e. The molecule has 0 aliphatic heterocycles. The Morgan fingerprint density at radius 3 is 2.45 bits per heavy atom. The summed E-state index contributed by atoms with van der Waals surface area (Å²) in [5.74, 6) is 5.00. The van der Waals surface area contributed by atoms with Gasteiger partial charge in [-0.2, -0.15) is 0 Å². The number of ether oxygens (including phenoxy) is 1. The van der Waals surface area contributed by atoms with E-state index in [9.17, 15) is 9.59 Å². The highest BCUT2D eigenvalue weighted by molar-refractivity contribution is 5.94. The summed E-state index contributed by atoms with van der Waals surface area (Å²) in [5, 5.41) is 8.72. The van der Waals surface area contributed by atoms with E-state index in [1.165, 1.54) is 13.0 Å². The van der Waals surface area contributed by atoms with Crippen LogP contribution in [0.3, 0.4) is 0 Å². The van der Waals surface area contributed by atoms with E-state index in [2.05, 4.69) is 11.8 Å². The molecule has 0 aliphatic rings. The molecule has 2 aromatic rings. The highest BCUT2D eigenvalue weighted by Crippen LogP contribution is 2.20. The van der Waals surface area contributed by atoms with Crippen LogP contribution in [0.5, 0.6) is 5.75 Å². The summed E-state index contributed by atoms with van der Waals surface area (Å²) < 4.78 is 5.22. The van der Waals surface area contributed by atoms with E-state index in [4.69, 9.17) is 9.84 Å². The smallest absolute Gasteiger partial charge is 0.341 e. The summed E-state index contributed by atoms with van der Waals surface area (Å²) in [6.07, 6.45) is 0. The van der Waals surface area contributed by atoms with Gasteiger partial charge in [-0.05, 0) is 37.3 Å². The molecule has 0 saturated carbocycles. The summed E-state index contributed by atoms with van der Waals surface area (Å²) in [6.45, 7) is 0.951. The molecule has 0 heterocycles. The van der Waals surface area contributed by atoms with Crippen LogP contribution in [-0.4, -0.2) is 23.5 Å². The van der Waals surface area contributed by atoms with E-state index in [-0.39, 0.29) is 5.78 Å². The molecule has 0 aliphatic carbocycles. The van der Waals surface area contributed by atoms with Crippen molar-refractivity contribution in [2.75, 3.05) is 6.61 Å². The minimum Gasteiger partial charge on any atom is -0.481 e. The van der Waals surface area contributed by atoms with Crippen LogP contribution in [0.4, 0.5) is 0 Å². The number of carboxylic acid groups (broad SMARTS) is 1. The number of carboxylic acids is 1. The predicted molar refractivity (Wildman–Crippen MR) is 82.0 cm³/mol. The molecule has 0 amide bonds. The average Bonchev–Trinajstić information content (AvgIpc) is 2.52. The van der Waals surface area contributed by atoms with Crippen LogP contribution in [0.2, 0.25) is 0 Å².